The molecule has 218 valence electrons. The number of fused-ring (bicyclic) bond motifs is 3. The summed E-state index contributed by atoms with van der Waals surface area (Å²) in [4.78, 5) is 38.1. The Labute approximate surface area is 241 Å². The van der Waals surface area contributed by atoms with Gasteiger partial charge in [0.1, 0.15) is 11.5 Å². The lowest BCUT2D eigenvalue weighted by Crippen LogP contribution is -2.22. The molecule has 0 fully saturated rings. The molecule has 1 atom stereocenters. The molecule has 3 aromatic carbocycles. The van der Waals surface area contributed by atoms with Crippen LogP contribution in [-0.4, -0.2) is 59.9 Å². The Kier molecular flexibility index (Phi) is 7.92. The van der Waals surface area contributed by atoms with Gasteiger partial charge >= 0.3 is 11.9 Å². The number of Topliss-reactive ketones (excluding diaryl/α,β-unsaturated/α-hetero) is 1. The van der Waals surface area contributed by atoms with Crippen LogP contribution in [0, 0.1) is 0 Å². The van der Waals surface area contributed by atoms with Crippen LogP contribution in [0.4, 0.5) is 0 Å². The molecule has 42 heavy (non-hydrogen) atoms. The second kappa shape index (κ2) is 11.7. The number of ether oxygens (including phenoxy) is 8. The second-order valence-corrected chi connectivity index (χ2v) is 9.23. The number of para-hydroxylation sites is 1. The highest BCUT2D eigenvalue weighted by Gasteiger charge is 2.40. The zero-order valence-electron chi connectivity index (χ0n) is 23.6. The normalized spacial score (nSPS) is 16.1. The molecule has 0 amide bonds. The molecule has 0 radical (unpaired) electrons. The maximum absolute atomic E-state index is 13.5. The van der Waals surface area contributed by atoms with Gasteiger partial charge in [0.2, 0.25) is 11.5 Å². The molecule has 5 rings (SSSR count). The lowest BCUT2D eigenvalue weighted by molar-refractivity contribution is -0.143. The molecular formula is C31H28O11. The highest BCUT2D eigenvalue weighted by atomic mass is 16.6. The van der Waals surface area contributed by atoms with Crippen LogP contribution in [-0.2, 0) is 14.3 Å². The van der Waals surface area contributed by atoms with Crippen molar-refractivity contribution in [1.82, 2.24) is 0 Å². The lowest BCUT2D eigenvalue weighted by Gasteiger charge is -2.28. The first-order valence-corrected chi connectivity index (χ1v) is 12.8. The van der Waals surface area contributed by atoms with Crippen molar-refractivity contribution in [2.24, 2.45) is 0 Å². The predicted octanol–water partition coefficient (Wildman–Crippen LogP) is 4.33. The van der Waals surface area contributed by atoms with Gasteiger partial charge in [-0.25, -0.2) is 4.79 Å². The summed E-state index contributed by atoms with van der Waals surface area (Å²) in [5.74, 6) is 0.324. The highest BCUT2D eigenvalue weighted by molar-refractivity contribution is 6.15. The molecule has 11 heteroatoms. The first-order chi connectivity index (χ1) is 20.3. The first-order valence-electron chi connectivity index (χ1n) is 12.8. The van der Waals surface area contributed by atoms with Gasteiger partial charge in [0.25, 0.3) is 0 Å². The minimum Gasteiger partial charge on any atom is -0.493 e. The van der Waals surface area contributed by atoms with Crippen LogP contribution in [0.15, 0.2) is 48.2 Å². The Morgan fingerprint density at radius 2 is 1.60 bits per heavy atom. The maximum Gasteiger partial charge on any atom is 0.343 e. The topological polar surface area (TPSA) is 125 Å². The average Bonchev–Trinajstić information content (AvgIpc) is 3.32. The van der Waals surface area contributed by atoms with E-state index < -0.39 is 17.9 Å². The summed E-state index contributed by atoms with van der Waals surface area (Å²) < 4.78 is 44.0. The summed E-state index contributed by atoms with van der Waals surface area (Å²) in [5.41, 5.74) is 1.91. The van der Waals surface area contributed by atoms with Gasteiger partial charge in [0.05, 0.1) is 47.5 Å². The second-order valence-electron chi connectivity index (χ2n) is 9.23. The molecule has 11 nitrogen and oxygen atoms in total. The molecule has 2 heterocycles. The monoisotopic (exact) mass is 576 g/mol. The third-order valence-electron chi connectivity index (χ3n) is 6.93. The van der Waals surface area contributed by atoms with Crippen molar-refractivity contribution in [3.63, 3.8) is 0 Å². The van der Waals surface area contributed by atoms with E-state index in [-0.39, 0.29) is 41.8 Å². The molecule has 0 unspecified atom stereocenters. The number of benzene rings is 3. The molecule has 0 saturated heterocycles. The minimum atomic E-state index is -0.646. The zero-order valence-corrected chi connectivity index (χ0v) is 23.6. The Morgan fingerprint density at radius 3 is 2.24 bits per heavy atom. The number of hydrogen-bond donors (Lipinski definition) is 0. The van der Waals surface area contributed by atoms with Crippen molar-refractivity contribution in [3.05, 3.63) is 70.5 Å². The Morgan fingerprint density at radius 1 is 0.881 bits per heavy atom. The van der Waals surface area contributed by atoms with Gasteiger partial charge in [-0.2, -0.15) is 0 Å². The van der Waals surface area contributed by atoms with E-state index in [0.29, 0.717) is 45.3 Å². The lowest BCUT2D eigenvalue weighted by atomic mass is 9.84. The van der Waals surface area contributed by atoms with Gasteiger partial charge < -0.3 is 37.9 Å². The van der Waals surface area contributed by atoms with Crippen molar-refractivity contribution in [1.29, 1.82) is 0 Å². The largest absolute Gasteiger partial charge is 0.493 e. The summed E-state index contributed by atoms with van der Waals surface area (Å²) >= 11 is 0. The van der Waals surface area contributed by atoms with Crippen LogP contribution < -0.4 is 33.2 Å². The van der Waals surface area contributed by atoms with Crippen molar-refractivity contribution in [2.45, 2.75) is 12.3 Å². The number of carbonyl (C=O) groups is 3. The zero-order chi connectivity index (χ0) is 30.0. The summed E-state index contributed by atoms with van der Waals surface area (Å²) in [6.07, 6.45) is 1.49. The molecular weight excluding hydrogens is 548 g/mol. The van der Waals surface area contributed by atoms with E-state index in [4.69, 9.17) is 37.9 Å². The highest BCUT2D eigenvalue weighted by Crippen LogP contribution is 2.52. The van der Waals surface area contributed by atoms with Crippen molar-refractivity contribution in [3.8, 4) is 40.2 Å². The van der Waals surface area contributed by atoms with Gasteiger partial charge in [0, 0.05) is 17.0 Å². The number of carbonyl (C=O) groups excluding carboxylic acids is 3. The average molecular weight is 577 g/mol. The van der Waals surface area contributed by atoms with E-state index in [1.165, 1.54) is 35.5 Å². The van der Waals surface area contributed by atoms with Crippen LogP contribution in [0.1, 0.15) is 39.4 Å². The molecule has 0 aliphatic carbocycles. The van der Waals surface area contributed by atoms with E-state index in [1.54, 1.807) is 48.5 Å². The number of ketones is 1. The number of methoxy groups -OCH3 is 5. The van der Waals surface area contributed by atoms with Crippen LogP contribution in [0.3, 0.4) is 0 Å². The van der Waals surface area contributed by atoms with Crippen LogP contribution >= 0.6 is 0 Å². The van der Waals surface area contributed by atoms with Gasteiger partial charge in [-0.3, -0.25) is 9.59 Å². The van der Waals surface area contributed by atoms with Crippen LogP contribution in [0.25, 0.3) is 6.08 Å². The first kappa shape index (κ1) is 28.3. The maximum atomic E-state index is 13.5. The number of hydrogen-bond acceptors (Lipinski definition) is 11. The molecule has 0 N–H and O–H groups in total. The number of allylic oxidation sites excluding steroid dienone is 1. The molecule has 0 bridgehead atoms. The van der Waals surface area contributed by atoms with Crippen LogP contribution in [0.2, 0.25) is 0 Å². The Balaban J connectivity index is 1.60. The predicted molar refractivity (Wildman–Crippen MR) is 148 cm³/mol. The standard InChI is InChI=1S/C31H28O11/c1-35-21-8-6-7-17(29(21)40-15-26(33)38-4)19-14-25(32)41-20-10-9-18-28(34)22(42-30(18)27(19)20)11-16-12-23(36-2)31(39-5)24(13-16)37-3/h6-13,19H,14-15H2,1-5H3/b22-11-/t19-/m0/s1. The van der Waals surface area contributed by atoms with Crippen molar-refractivity contribution >= 4 is 23.8 Å². The van der Waals surface area contributed by atoms with Gasteiger partial charge in [0.15, 0.2) is 35.4 Å². The summed E-state index contributed by atoms with van der Waals surface area (Å²) in [6, 6.07) is 11.7. The van der Waals surface area contributed by atoms with Gasteiger partial charge in [-0.15, -0.1) is 0 Å². The SMILES string of the molecule is COC(=O)COc1c(OC)cccc1[C@@H]1CC(=O)Oc2ccc3c(c21)O/C(=C\c1cc(OC)c(OC)c(OC)c1)C3=O. The fourth-order valence-electron chi connectivity index (χ4n) is 5.02. The summed E-state index contributed by atoms with van der Waals surface area (Å²) in [7, 11) is 7.21. The van der Waals surface area contributed by atoms with E-state index >= 15 is 0 Å². The van der Waals surface area contributed by atoms with E-state index in [9.17, 15) is 14.4 Å². The molecule has 3 aromatic rings. The summed E-state index contributed by atoms with van der Waals surface area (Å²) in [5, 5.41) is 0. The van der Waals surface area contributed by atoms with E-state index in [0.717, 1.165) is 0 Å². The van der Waals surface area contributed by atoms with E-state index in [2.05, 4.69) is 0 Å². The fourth-order valence-corrected chi connectivity index (χ4v) is 5.02. The molecule has 0 aromatic heterocycles. The minimum absolute atomic E-state index is 0.0520. The molecule has 0 saturated carbocycles. The number of rotatable bonds is 9. The molecule has 2 aliphatic rings. The smallest absolute Gasteiger partial charge is 0.343 e. The third kappa shape index (κ3) is 5.05. The quantitative estimate of drug-likeness (QED) is 0.205. The van der Waals surface area contributed by atoms with Crippen molar-refractivity contribution < 1.29 is 52.3 Å². The molecule has 2 aliphatic heterocycles. The van der Waals surface area contributed by atoms with E-state index in [1.807, 2.05) is 0 Å². The van der Waals surface area contributed by atoms with Crippen molar-refractivity contribution in [2.75, 3.05) is 42.2 Å². The third-order valence-corrected chi connectivity index (χ3v) is 6.93. The van der Waals surface area contributed by atoms with Crippen LogP contribution in [0.5, 0.6) is 40.2 Å². The van der Waals surface area contributed by atoms with Gasteiger partial charge in [-0.05, 0) is 42.0 Å². The summed E-state index contributed by atoms with van der Waals surface area (Å²) in [6.45, 7) is -0.378. The Hall–Kier alpha value is -5.19. The number of esters is 2. The fraction of sp³-hybridized carbons (Fsp3) is 0.258. The Bertz CT molecular complexity index is 1580. The molecule has 0 spiro atoms. The van der Waals surface area contributed by atoms with Gasteiger partial charge in [-0.1, -0.05) is 12.1 Å².